The van der Waals surface area contributed by atoms with E-state index in [4.69, 9.17) is 0 Å². The number of hydrazone groups is 1. The fraction of sp³-hybridized carbons (Fsp3) is 0.276. The van der Waals surface area contributed by atoms with Crippen molar-refractivity contribution in [1.29, 1.82) is 0 Å². The van der Waals surface area contributed by atoms with E-state index in [9.17, 15) is 13.2 Å². The van der Waals surface area contributed by atoms with Crippen molar-refractivity contribution < 1.29 is 13.2 Å². The van der Waals surface area contributed by atoms with Crippen molar-refractivity contribution in [2.75, 3.05) is 18.1 Å². The fourth-order valence-electron chi connectivity index (χ4n) is 4.40. The molecule has 0 bridgehead atoms. The highest BCUT2D eigenvalue weighted by molar-refractivity contribution is 7.89. The molecule has 1 amide bonds. The third kappa shape index (κ3) is 5.70. The summed E-state index contributed by atoms with van der Waals surface area (Å²) in [6, 6.07) is 19.9. The van der Waals surface area contributed by atoms with E-state index in [1.165, 1.54) is 28.5 Å². The molecule has 1 aromatic heterocycles. The van der Waals surface area contributed by atoms with E-state index in [0.717, 1.165) is 52.6 Å². The topological polar surface area (TPSA) is 82.9 Å². The van der Waals surface area contributed by atoms with Crippen molar-refractivity contribution in [3.63, 3.8) is 0 Å². The third-order valence-electron chi connectivity index (χ3n) is 6.61. The Bertz CT molecular complexity index is 1570. The first-order chi connectivity index (χ1) is 18.3. The number of anilines is 1. The van der Waals surface area contributed by atoms with Gasteiger partial charge in [-0.25, -0.2) is 13.4 Å². The summed E-state index contributed by atoms with van der Waals surface area (Å²) in [6.45, 7) is 5.08. The molecule has 7 nitrogen and oxygen atoms in total. The molecule has 5 rings (SSSR count). The molecule has 2 heterocycles. The van der Waals surface area contributed by atoms with Crippen LogP contribution in [0, 0.1) is 13.8 Å². The van der Waals surface area contributed by atoms with Gasteiger partial charge in [0.05, 0.1) is 21.3 Å². The van der Waals surface area contributed by atoms with E-state index < -0.39 is 10.0 Å². The second-order valence-corrected chi connectivity index (χ2v) is 12.5. The van der Waals surface area contributed by atoms with Crippen molar-refractivity contribution in [3.8, 4) is 0 Å². The van der Waals surface area contributed by atoms with Crippen LogP contribution in [0.25, 0.3) is 10.2 Å². The highest BCUT2D eigenvalue weighted by Gasteiger charge is 2.26. The van der Waals surface area contributed by atoms with E-state index in [-0.39, 0.29) is 10.8 Å². The maximum absolute atomic E-state index is 13.7. The van der Waals surface area contributed by atoms with Gasteiger partial charge in [0.25, 0.3) is 5.91 Å². The molecule has 0 atom stereocenters. The Kier molecular flexibility index (Phi) is 7.69. The minimum absolute atomic E-state index is 0.195. The van der Waals surface area contributed by atoms with Crippen LogP contribution < -0.4 is 5.01 Å². The van der Waals surface area contributed by atoms with Crippen LogP contribution in [0.5, 0.6) is 0 Å². The molecule has 0 spiro atoms. The number of rotatable bonds is 6. The molecule has 0 N–H and O–H groups in total. The summed E-state index contributed by atoms with van der Waals surface area (Å²) >= 11 is 1.39. The molecule has 9 heteroatoms. The van der Waals surface area contributed by atoms with Gasteiger partial charge in [0, 0.05) is 18.7 Å². The summed E-state index contributed by atoms with van der Waals surface area (Å²) < 4.78 is 28.9. The van der Waals surface area contributed by atoms with E-state index in [1.54, 1.807) is 22.7 Å². The van der Waals surface area contributed by atoms with Crippen LogP contribution >= 0.6 is 11.3 Å². The van der Waals surface area contributed by atoms with Gasteiger partial charge in [0.2, 0.25) is 15.2 Å². The number of benzene rings is 3. The molecule has 0 unspecified atom stereocenters. The number of hydrogen-bond donors (Lipinski definition) is 0. The quantitative estimate of drug-likeness (QED) is 0.214. The van der Waals surface area contributed by atoms with Gasteiger partial charge in [-0.1, -0.05) is 60.1 Å². The highest BCUT2D eigenvalue weighted by atomic mass is 32.2. The number of thiazole rings is 1. The second kappa shape index (κ2) is 11.1. The zero-order valence-corrected chi connectivity index (χ0v) is 23.1. The van der Waals surface area contributed by atoms with Crippen molar-refractivity contribution in [3.05, 3.63) is 89.0 Å². The van der Waals surface area contributed by atoms with Crippen LogP contribution in [0.1, 0.15) is 52.7 Å². The van der Waals surface area contributed by atoms with Crippen LogP contribution in [0.15, 0.2) is 76.7 Å². The van der Waals surface area contributed by atoms with Crippen molar-refractivity contribution in [2.24, 2.45) is 5.10 Å². The first-order valence-electron chi connectivity index (χ1n) is 12.7. The Labute approximate surface area is 227 Å². The summed E-state index contributed by atoms with van der Waals surface area (Å²) in [7, 11) is -3.60. The van der Waals surface area contributed by atoms with Crippen LogP contribution in [0.2, 0.25) is 0 Å². The Morgan fingerprint density at radius 1 is 0.921 bits per heavy atom. The maximum Gasteiger partial charge on any atom is 0.280 e. The van der Waals surface area contributed by atoms with Gasteiger partial charge in [0.1, 0.15) is 0 Å². The molecule has 196 valence electrons. The highest BCUT2D eigenvalue weighted by Crippen LogP contribution is 2.31. The lowest BCUT2D eigenvalue weighted by molar-refractivity contribution is 0.0987. The van der Waals surface area contributed by atoms with Gasteiger partial charge >= 0.3 is 0 Å². The molecule has 0 saturated carbocycles. The molecule has 1 saturated heterocycles. The minimum atomic E-state index is -3.60. The molecule has 0 aliphatic carbocycles. The SMILES string of the molecule is Cc1ccc(/C=N/N(C(=O)c2ccc(S(=O)(=O)N3CCCCCC3)cc2)c2nc3ccc(C)cc3s2)cc1. The lowest BCUT2D eigenvalue weighted by Gasteiger charge is -2.20. The normalized spacial score (nSPS) is 15.1. The lowest BCUT2D eigenvalue weighted by Crippen LogP contribution is -2.32. The average Bonchev–Trinajstić information content (AvgIpc) is 3.12. The standard InChI is InChI=1S/C29H30N4O3S2/c1-21-7-10-23(11-8-21)20-30-33(29-31-26-16-9-22(2)19-27(26)37-29)28(34)24-12-14-25(15-13-24)38(35,36)32-17-5-3-4-6-18-32/h7-16,19-20H,3-6,17-18H2,1-2H3/b30-20+. The fourth-order valence-corrected chi connectivity index (χ4v) is 6.94. The molecule has 4 aromatic rings. The van der Waals surface area contributed by atoms with Crippen LogP contribution in [0.3, 0.4) is 0 Å². The molecule has 0 radical (unpaired) electrons. The zero-order valence-electron chi connectivity index (χ0n) is 21.5. The number of carbonyl (C=O) groups is 1. The predicted octanol–water partition coefficient (Wildman–Crippen LogP) is 6.16. The van der Waals surface area contributed by atoms with Gasteiger partial charge < -0.3 is 0 Å². The number of amides is 1. The number of carbonyl (C=O) groups excluding carboxylic acids is 1. The predicted molar refractivity (Wildman–Crippen MR) is 154 cm³/mol. The van der Waals surface area contributed by atoms with E-state index >= 15 is 0 Å². The summed E-state index contributed by atoms with van der Waals surface area (Å²) in [5.74, 6) is -0.386. The molecular weight excluding hydrogens is 516 g/mol. The van der Waals surface area contributed by atoms with E-state index in [0.29, 0.717) is 23.8 Å². The largest absolute Gasteiger partial charge is 0.280 e. The lowest BCUT2D eigenvalue weighted by atomic mass is 10.2. The summed E-state index contributed by atoms with van der Waals surface area (Å²) in [5.41, 5.74) is 4.21. The van der Waals surface area contributed by atoms with Crippen LogP contribution in [0.4, 0.5) is 5.13 Å². The van der Waals surface area contributed by atoms with Gasteiger partial charge in [-0.05, 0) is 74.2 Å². The minimum Gasteiger partial charge on any atom is -0.267 e. The number of aryl methyl sites for hydroxylation is 2. The molecule has 1 fully saturated rings. The van der Waals surface area contributed by atoms with Gasteiger partial charge in [-0.2, -0.15) is 14.4 Å². The van der Waals surface area contributed by atoms with Crippen molar-refractivity contribution in [2.45, 2.75) is 44.4 Å². The number of nitrogens with zero attached hydrogens (tertiary/aromatic N) is 4. The second-order valence-electron chi connectivity index (χ2n) is 9.58. The smallest absolute Gasteiger partial charge is 0.267 e. The average molecular weight is 547 g/mol. The Balaban J connectivity index is 1.46. The number of aromatic nitrogens is 1. The van der Waals surface area contributed by atoms with E-state index in [2.05, 4.69) is 10.1 Å². The summed E-state index contributed by atoms with van der Waals surface area (Å²) in [6.07, 6.45) is 5.46. The van der Waals surface area contributed by atoms with Crippen LogP contribution in [-0.2, 0) is 10.0 Å². The molecule has 38 heavy (non-hydrogen) atoms. The first kappa shape index (κ1) is 26.2. The maximum atomic E-state index is 13.7. The Morgan fingerprint density at radius 3 is 2.26 bits per heavy atom. The van der Waals surface area contributed by atoms with Gasteiger partial charge in [0.15, 0.2) is 0 Å². The number of fused-ring (bicyclic) bond motifs is 1. The van der Waals surface area contributed by atoms with Crippen LogP contribution in [-0.4, -0.2) is 42.9 Å². The van der Waals surface area contributed by atoms with E-state index in [1.807, 2.05) is 56.3 Å². The summed E-state index contributed by atoms with van der Waals surface area (Å²) in [5, 5.41) is 6.26. The first-order valence-corrected chi connectivity index (χ1v) is 15.0. The number of hydrogen-bond acceptors (Lipinski definition) is 6. The molecule has 1 aliphatic heterocycles. The molecule has 3 aromatic carbocycles. The van der Waals surface area contributed by atoms with Crippen molar-refractivity contribution >= 4 is 48.8 Å². The van der Waals surface area contributed by atoms with Gasteiger partial charge in [-0.3, -0.25) is 4.79 Å². The van der Waals surface area contributed by atoms with Crippen molar-refractivity contribution in [1.82, 2.24) is 9.29 Å². The number of sulfonamides is 1. The monoisotopic (exact) mass is 546 g/mol. The third-order valence-corrected chi connectivity index (χ3v) is 9.52. The molecule has 1 aliphatic rings. The summed E-state index contributed by atoms with van der Waals surface area (Å²) in [4.78, 5) is 18.5. The van der Waals surface area contributed by atoms with Gasteiger partial charge in [-0.15, -0.1) is 0 Å². The Morgan fingerprint density at radius 2 is 1.58 bits per heavy atom. The zero-order chi connectivity index (χ0) is 26.7. The Hall–Kier alpha value is -3.40. The molecular formula is C29H30N4O3S2.